The smallest absolute Gasteiger partial charge is 0.145 e. The maximum absolute atomic E-state index is 13.0. The predicted molar refractivity (Wildman–Crippen MR) is 51.8 cm³/mol. The van der Waals surface area contributed by atoms with Gasteiger partial charge in [-0.2, -0.15) is 0 Å². The number of ether oxygens (including phenoxy) is 1. The average Bonchev–Trinajstić information content (AvgIpc) is 2.19. The number of rotatable bonds is 4. The number of hydrogen-bond acceptors (Lipinski definition) is 3. The first-order chi connectivity index (χ1) is 6.69. The second kappa shape index (κ2) is 5.14. The van der Waals surface area contributed by atoms with Crippen molar-refractivity contribution >= 4 is 11.6 Å². The quantitative estimate of drug-likeness (QED) is 0.787. The van der Waals surface area contributed by atoms with Crippen molar-refractivity contribution in [3.63, 3.8) is 0 Å². The van der Waals surface area contributed by atoms with E-state index in [9.17, 15) is 4.39 Å². The van der Waals surface area contributed by atoms with Gasteiger partial charge in [-0.1, -0.05) is 11.6 Å². The maximum Gasteiger partial charge on any atom is 0.145 e. The normalized spacial score (nSPS) is 10.3. The highest BCUT2D eigenvalue weighted by molar-refractivity contribution is 6.30. The van der Waals surface area contributed by atoms with Crippen molar-refractivity contribution in [3.8, 4) is 5.75 Å². The fourth-order valence-electron chi connectivity index (χ4n) is 1.12. The van der Waals surface area contributed by atoms with Crippen LogP contribution in [0.2, 0.25) is 5.02 Å². The first-order valence-corrected chi connectivity index (χ1v) is 4.40. The van der Waals surface area contributed by atoms with Crippen LogP contribution in [-0.2, 0) is 11.3 Å². The van der Waals surface area contributed by atoms with Crippen molar-refractivity contribution in [3.05, 3.63) is 28.5 Å². The van der Waals surface area contributed by atoms with E-state index >= 15 is 0 Å². The van der Waals surface area contributed by atoms with Crippen LogP contribution in [0.4, 0.5) is 4.39 Å². The second-order valence-corrected chi connectivity index (χ2v) is 3.11. The van der Waals surface area contributed by atoms with Crippen molar-refractivity contribution in [2.45, 2.75) is 6.42 Å². The zero-order valence-corrected chi connectivity index (χ0v) is 8.47. The molecule has 0 aliphatic heterocycles. The van der Waals surface area contributed by atoms with Crippen LogP contribution in [0, 0.1) is 5.82 Å². The Balaban J connectivity index is 2.95. The molecule has 0 aliphatic rings. The summed E-state index contributed by atoms with van der Waals surface area (Å²) in [5.41, 5.74) is 0.768. The van der Waals surface area contributed by atoms with E-state index < -0.39 is 5.82 Å². The molecule has 1 aromatic rings. The molecular formula is C9H11ClFNO2. The molecule has 0 radical (unpaired) electrons. The standard InChI is InChI=1S/C9H11ClFNO2/c1-13-9-5-8(11)7(10)4-6(9)2-3-14-12/h4-5H,2-3,12H2,1H3. The number of hydrogen-bond donors (Lipinski definition) is 1. The van der Waals surface area contributed by atoms with Gasteiger partial charge in [-0.05, 0) is 11.6 Å². The Bertz CT molecular complexity index is 320. The molecule has 0 spiro atoms. The van der Waals surface area contributed by atoms with Crippen molar-refractivity contribution in [2.24, 2.45) is 5.90 Å². The van der Waals surface area contributed by atoms with Crippen LogP contribution >= 0.6 is 11.6 Å². The highest BCUT2D eigenvalue weighted by Crippen LogP contribution is 2.26. The molecule has 0 bridgehead atoms. The molecular weight excluding hydrogens is 209 g/mol. The Hall–Kier alpha value is -0.840. The van der Waals surface area contributed by atoms with E-state index in [0.717, 1.165) is 5.56 Å². The number of benzene rings is 1. The Labute approximate surface area is 86.5 Å². The summed E-state index contributed by atoms with van der Waals surface area (Å²) in [4.78, 5) is 4.42. The summed E-state index contributed by atoms with van der Waals surface area (Å²) in [5.74, 6) is 4.84. The van der Waals surface area contributed by atoms with Crippen LogP contribution in [0.25, 0.3) is 0 Å². The Morgan fingerprint density at radius 3 is 2.79 bits per heavy atom. The summed E-state index contributed by atoms with van der Waals surface area (Å²) in [5, 5.41) is 0.0674. The molecule has 0 amide bonds. The third kappa shape index (κ3) is 2.57. The van der Waals surface area contributed by atoms with Crippen LogP contribution < -0.4 is 10.6 Å². The monoisotopic (exact) mass is 219 g/mol. The Morgan fingerprint density at radius 1 is 1.50 bits per heavy atom. The predicted octanol–water partition coefficient (Wildman–Crippen LogP) is 1.92. The summed E-state index contributed by atoms with van der Waals surface area (Å²) >= 11 is 5.62. The fourth-order valence-corrected chi connectivity index (χ4v) is 1.31. The lowest BCUT2D eigenvalue weighted by molar-refractivity contribution is 0.140. The van der Waals surface area contributed by atoms with Gasteiger partial charge in [0.1, 0.15) is 11.6 Å². The molecule has 0 saturated carbocycles. The van der Waals surface area contributed by atoms with E-state index in [1.54, 1.807) is 0 Å². The lowest BCUT2D eigenvalue weighted by Crippen LogP contribution is -2.05. The van der Waals surface area contributed by atoms with E-state index in [1.807, 2.05) is 0 Å². The largest absolute Gasteiger partial charge is 0.496 e. The lowest BCUT2D eigenvalue weighted by atomic mass is 10.1. The molecule has 0 saturated heterocycles. The van der Waals surface area contributed by atoms with Crippen molar-refractivity contribution in [2.75, 3.05) is 13.7 Å². The van der Waals surface area contributed by atoms with Crippen LogP contribution in [0.3, 0.4) is 0 Å². The molecule has 0 aliphatic carbocycles. The van der Waals surface area contributed by atoms with Gasteiger partial charge < -0.3 is 9.57 Å². The van der Waals surface area contributed by atoms with E-state index in [0.29, 0.717) is 18.8 Å². The maximum atomic E-state index is 13.0. The van der Waals surface area contributed by atoms with Gasteiger partial charge >= 0.3 is 0 Å². The van der Waals surface area contributed by atoms with Crippen LogP contribution in [0.15, 0.2) is 12.1 Å². The minimum atomic E-state index is -0.499. The molecule has 1 rings (SSSR count). The van der Waals surface area contributed by atoms with Crippen LogP contribution in [0.5, 0.6) is 5.75 Å². The van der Waals surface area contributed by atoms with Gasteiger partial charge in [0.2, 0.25) is 0 Å². The number of methoxy groups -OCH3 is 1. The van der Waals surface area contributed by atoms with E-state index in [2.05, 4.69) is 4.84 Å². The summed E-state index contributed by atoms with van der Waals surface area (Å²) in [7, 11) is 1.47. The third-order valence-corrected chi connectivity index (χ3v) is 2.10. The first-order valence-electron chi connectivity index (χ1n) is 4.02. The first kappa shape index (κ1) is 11.2. The highest BCUT2D eigenvalue weighted by atomic mass is 35.5. The lowest BCUT2D eigenvalue weighted by Gasteiger charge is -2.08. The molecule has 0 fully saturated rings. The van der Waals surface area contributed by atoms with Gasteiger partial charge in [-0.25, -0.2) is 10.3 Å². The summed E-state index contributed by atoms with van der Waals surface area (Å²) < 4.78 is 18.0. The molecule has 78 valence electrons. The van der Waals surface area contributed by atoms with E-state index in [1.165, 1.54) is 19.2 Å². The number of halogens is 2. The van der Waals surface area contributed by atoms with Gasteiger partial charge in [-0.15, -0.1) is 0 Å². The van der Waals surface area contributed by atoms with E-state index in [-0.39, 0.29) is 5.02 Å². The van der Waals surface area contributed by atoms with Gasteiger partial charge in [0.15, 0.2) is 0 Å². The second-order valence-electron chi connectivity index (χ2n) is 2.70. The molecule has 14 heavy (non-hydrogen) atoms. The molecule has 5 heteroatoms. The number of nitrogens with two attached hydrogens (primary N) is 1. The third-order valence-electron chi connectivity index (χ3n) is 1.81. The van der Waals surface area contributed by atoms with Crippen molar-refractivity contribution in [1.82, 2.24) is 0 Å². The molecule has 2 N–H and O–H groups in total. The summed E-state index contributed by atoms with van der Waals surface area (Å²) in [6.07, 6.45) is 0.527. The van der Waals surface area contributed by atoms with Gasteiger partial charge in [0.25, 0.3) is 0 Å². The van der Waals surface area contributed by atoms with E-state index in [4.69, 9.17) is 22.2 Å². The van der Waals surface area contributed by atoms with Gasteiger partial charge in [0.05, 0.1) is 18.7 Å². The topological polar surface area (TPSA) is 44.5 Å². The zero-order chi connectivity index (χ0) is 10.6. The van der Waals surface area contributed by atoms with Gasteiger partial charge in [-0.3, -0.25) is 0 Å². The molecule has 0 aromatic heterocycles. The highest BCUT2D eigenvalue weighted by Gasteiger charge is 2.08. The molecule has 0 unspecified atom stereocenters. The molecule has 3 nitrogen and oxygen atoms in total. The van der Waals surface area contributed by atoms with Crippen molar-refractivity contribution < 1.29 is 14.0 Å². The molecule has 0 heterocycles. The minimum absolute atomic E-state index is 0.0674. The van der Waals surface area contributed by atoms with Gasteiger partial charge in [0, 0.05) is 12.5 Å². The van der Waals surface area contributed by atoms with Crippen LogP contribution in [-0.4, -0.2) is 13.7 Å². The summed E-state index contributed by atoms with van der Waals surface area (Å²) in [6, 6.07) is 2.75. The zero-order valence-electron chi connectivity index (χ0n) is 7.72. The molecule has 0 atom stereocenters. The Kier molecular flexibility index (Phi) is 4.13. The minimum Gasteiger partial charge on any atom is -0.496 e. The molecule has 1 aromatic carbocycles. The fraction of sp³-hybridized carbons (Fsp3) is 0.333. The average molecular weight is 220 g/mol. The SMILES string of the molecule is COc1cc(F)c(Cl)cc1CCON. The Morgan fingerprint density at radius 2 is 2.21 bits per heavy atom. The van der Waals surface area contributed by atoms with Crippen LogP contribution in [0.1, 0.15) is 5.56 Å². The van der Waals surface area contributed by atoms with Crippen molar-refractivity contribution in [1.29, 1.82) is 0 Å². The summed E-state index contributed by atoms with van der Waals surface area (Å²) in [6.45, 7) is 0.332.